The lowest BCUT2D eigenvalue weighted by atomic mass is 9.96. The van der Waals surface area contributed by atoms with Crippen LogP contribution in [-0.2, 0) is 0 Å². The Hall–Kier alpha value is -2.71. The normalized spacial score (nSPS) is 15.6. The van der Waals surface area contributed by atoms with Crippen LogP contribution in [0.5, 0.6) is 0 Å². The van der Waals surface area contributed by atoms with E-state index in [0.717, 1.165) is 34.5 Å². The summed E-state index contributed by atoms with van der Waals surface area (Å²) in [7, 11) is 0. The maximum absolute atomic E-state index is 11.0. The predicted molar refractivity (Wildman–Crippen MR) is 128 cm³/mol. The molecule has 1 aromatic heterocycles. The van der Waals surface area contributed by atoms with Crippen molar-refractivity contribution >= 4 is 35.0 Å². The SMILES string of the molecule is CSc1ccc(C=Nn2c(-c3ccc([N+](=O)[O-])cc3)csc2=NC2CCCCC2)cc1. The van der Waals surface area contributed by atoms with Crippen LogP contribution in [0.1, 0.15) is 37.7 Å². The Kier molecular flexibility index (Phi) is 6.99. The second-order valence-electron chi connectivity index (χ2n) is 7.46. The molecule has 4 rings (SSSR count). The van der Waals surface area contributed by atoms with E-state index in [0.29, 0.717) is 6.04 Å². The number of thioether (sulfide) groups is 1. The third-order valence-corrected chi connectivity index (χ3v) is 6.94. The average molecular weight is 453 g/mol. The van der Waals surface area contributed by atoms with Gasteiger partial charge in [-0.3, -0.25) is 15.1 Å². The quantitative estimate of drug-likeness (QED) is 0.200. The molecule has 0 radical (unpaired) electrons. The molecule has 160 valence electrons. The monoisotopic (exact) mass is 452 g/mol. The van der Waals surface area contributed by atoms with Gasteiger partial charge in [-0.1, -0.05) is 31.4 Å². The minimum atomic E-state index is -0.383. The highest BCUT2D eigenvalue weighted by Crippen LogP contribution is 2.24. The standard InChI is InChI=1S/C23H24N4O2S2/c1-30-21-13-7-17(8-14-21)15-24-26-22(18-9-11-20(12-10-18)27(28)29)16-31-23(26)25-19-5-3-2-4-6-19/h7-16,19H,2-6H2,1H3. The van der Waals surface area contributed by atoms with Crippen molar-refractivity contribution in [2.75, 3.05) is 6.26 Å². The molecule has 1 aliphatic rings. The first kappa shape index (κ1) is 21.5. The van der Waals surface area contributed by atoms with Crippen molar-refractivity contribution in [1.82, 2.24) is 4.68 Å². The van der Waals surface area contributed by atoms with Gasteiger partial charge in [0.25, 0.3) is 5.69 Å². The summed E-state index contributed by atoms with van der Waals surface area (Å²) in [6.07, 6.45) is 9.86. The van der Waals surface area contributed by atoms with Gasteiger partial charge in [-0.25, -0.2) is 4.68 Å². The minimum absolute atomic E-state index is 0.0787. The van der Waals surface area contributed by atoms with E-state index < -0.39 is 0 Å². The van der Waals surface area contributed by atoms with E-state index in [2.05, 4.69) is 18.4 Å². The second kappa shape index (κ2) is 10.1. The second-order valence-corrected chi connectivity index (χ2v) is 9.17. The van der Waals surface area contributed by atoms with Crippen LogP contribution < -0.4 is 4.80 Å². The van der Waals surface area contributed by atoms with Gasteiger partial charge < -0.3 is 0 Å². The topological polar surface area (TPSA) is 72.8 Å². The van der Waals surface area contributed by atoms with Crippen LogP contribution in [0.15, 0.2) is 68.9 Å². The van der Waals surface area contributed by atoms with Crippen molar-refractivity contribution in [3.05, 3.63) is 74.4 Å². The molecule has 0 saturated heterocycles. The lowest BCUT2D eigenvalue weighted by Crippen LogP contribution is -2.19. The third kappa shape index (κ3) is 5.32. The number of benzene rings is 2. The molecule has 8 heteroatoms. The number of hydrogen-bond acceptors (Lipinski definition) is 6. The van der Waals surface area contributed by atoms with Crippen LogP contribution >= 0.6 is 23.1 Å². The summed E-state index contributed by atoms with van der Waals surface area (Å²) in [5.41, 5.74) is 2.85. The van der Waals surface area contributed by atoms with Gasteiger partial charge >= 0.3 is 0 Å². The number of aromatic nitrogens is 1. The van der Waals surface area contributed by atoms with E-state index in [9.17, 15) is 10.1 Å². The summed E-state index contributed by atoms with van der Waals surface area (Å²) in [6, 6.07) is 15.2. The first-order chi connectivity index (χ1) is 15.1. The van der Waals surface area contributed by atoms with Gasteiger partial charge in [-0.05, 0) is 48.9 Å². The number of thiazole rings is 1. The van der Waals surface area contributed by atoms with Gasteiger partial charge in [-0.15, -0.1) is 23.1 Å². The highest BCUT2D eigenvalue weighted by molar-refractivity contribution is 7.98. The zero-order valence-corrected chi connectivity index (χ0v) is 18.9. The summed E-state index contributed by atoms with van der Waals surface area (Å²) in [5, 5.41) is 17.8. The zero-order valence-electron chi connectivity index (χ0n) is 17.3. The van der Waals surface area contributed by atoms with Crippen molar-refractivity contribution in [2.45, 2.75) is 43.0 Å². The molecule has 0 N–H and O–H groups in total. The van der Waals surface area contributed by atoms with E-state index in [4.69, 9.17) is 10.1 Å². The third-order valence-electron chi connectivity index (χ3n) is 5.37. The fourth-order valence-corrected chi connectivity index (χ4v) is 4.95. The Balaban J connectivity index is 1.72. The molecule has 0 aliphatic heterocycles. The number of non-ortho nitro benzene ring substituents is 1. The van der Waals surface area contributed by atoms with Gasteiger partial charge in [0.05, 0.1) is 22.9 Å². The fraction of sp³-hybridized carbons (Fsp3) is 0.304. The minimum Gasteiger partial charge on any atom is -0.258 e. The number of nitro benzene ring substituents is 1. The molecule has 0 spiro atoms. The number of nitrogens with zero attached hydrogens (tertiary/aromatic N) is 4. The maximum Gasteiger partial charge on any atom is 0.269 e. The average Bonchev–Trinajstić information content (AvgIpc) is 3.21. The maximum atomic E-state index is 11.0. The van der Waals surface area contributed by atoms with Gasteiger partial charge in [0, 0.05) is 28.0 Å². The van der Waals surface area contributed by atoms with E-state index in [1.807, 2.05) is 28.4 Å². The summed E-state index contributed by atoms with van der Waals surface area (Å²) >= 11 is 3.27. The molecular formula is C23H24N4O2S2. The Morgan fingerprint density at radius 2 is 1.81 bits per heavy atom. The molecule has 0 bridgehead atoms. The molecule has 0 amide bonds. The highest BCUT2D eigenvalue weighted by atomic mass is 32.2. The fourth-order valence-electron chi connectivity index (χ4n) is 3.63. The number of hydrogen-bond donors (Lipinski definition) is 0. The summed E-state index contributed by atoms with van der Waals surface area (Å²) < 4.78 is 1.86. The predicted octanol–water partition coefficient (Wildman–Crippen LogP) is 5.96. The van der Waals surface area contributed by atoms with Gasteiger partial charge in [0.2, 0.25) is 4.80 Å². The van der Waals surface area contributed by atoms with Crippen molar-refractivity contribution in [2.24, 2.45) is 10.1 Å². The summed E-state index contributed by atoms with van der Waals surface area (Å²) in [4.78, 5) is 17.7. The van der Waals surface area contributed by atoms with Crippen LogP contribution in [0.3, 0.4) is 0 Å². The smallest absolute Gasteiger partial charge is 0.258 e. The lowest BCUT2D eigenvalue weighted by molar-refractivity contribution is -0.384. The van der Waals surface area contributed by atoms with Gasteiger partial charge in [0.15, 0.2) is 0 Å². The van der Waals surface area contributed by atoms with E-state index >= 15 is 0 Å². The van der Waals surface area contributed by atoms with Crippen molar-refractivity contribution in [3.63, 3.8) is 0 Å². The van der Waals surface area contributed by atoms with Crippen LogP contribution in [0, 0.1) is 10.1 Å². The van der Waals surface area contributed by atoms with Gasteiger partial charge in [-0.2, -0.15) is 5.10 Å². The molecule has 3 aromatic rings. The zero-order chi connectivity index (χ0) is 21.6. The molecule has 0 atom stereocenters. The van der Waals surface area contributed by atoms with Crippen LogP contribution in [0.4, 0.5) is 5.69 Å². The van der Waals surface area contributed by atoms with E-state index in [-0.39, 0.29) is 10.6 Å². The molecule has 1 aliphatic carbocycles. The van der Waals surface area contributed by atoms with Crippen molar-refractivity contribution in [1.29, 1.82) is 0 Å². The molecule has 6 nitrogen and oxygen atoms in total. The van der Waals surface area contributed by atoms with Crippen LogP contribution in [0.2, 0.25) is 0 Å². The van der Waals surface area contributed by atoms with E-state index in [1.54, 1.807) is 35.2 Å². The molecule has 31 heavy (non-hydrogen) atoms. The van der Waals surface area contributed by atoms with E-state index in [1.165, 1.54) is 36.3 Å². The Bertz CT molecular complexity index is 1130. The molecule has 1 saturated carbocycles. The number of nitro groups is 1. The molecule has 1 heterocycles. The molecule has 2 aromatic carbocycles. The molecule has 1 fully saturated rings. The van der Waals surface area contributed by atoms with Crippen molar-refractivity contribution in [3.8, 4) is 11.3 Å². The largest absolute Gasteiger partial charge is 0.269 e. The Morgan fingerprint density at radius 1 is 1.10 bits per heavy atom. The Morgan fingerprint density at radius 3 is 2.45 bits per heavy atom. The number of rotatable bonds is 6. The first-order valence-corrected chi connectivity index (χ1v) is 12.4. The Labute approximate surface area is 189 Å². The van der Waals surface area contributed by atoms with Gasteiger partial charge in [0.1, 0.15) is 0 Å². The first-order valence-electron chi connectivity index (χ1n) is 10.3. The molecular weight excluding hydrogens is 428 g/mol. The van der Waals surface area contributed by atoms with Crippen molar-refractivity contribution < 1.29 is 4.92 Å². The molecule has 0 unspecified atom stereocenters. The highest BCUT2D eigenvalue weighted by Gasteiger charge is 2.14. The lowest BCUT2D eigenvalue weighted by Gasteiger charge is -2.16. The summed E-state index contributed by atoms with van der Waals surface area (Å²) in [5.74, 6) is 0. The van der Waals surface area contributed by atoms with Crippen LogP contribution in [0.25, 0.3) is 11.3 Å². The van der Waals surface area contributed by atoms with Crippen LogP contribution in [-0.4, -0.2) is 28.1 Å². The summed E-state index contributed by atoms with van der Waals surface area (Å²) in [6.45, 7) is 0.